The first-order valence-corrected chi connectivity index (χ1v) is 10.5. The van der Waals surface area contributed by atoms with Crippen molar-refractivity contribution < 1.29 is 28.9 Å². The Morgan fingerprint density at radius 1 is 1.00 bits per heavy atom. The summed E-state index contributed by atoms with van der Waals surface area (Å²) in [4.78, 5) is 51.3. The second kappa shape index (κ2) is 9.86. The molecule has 4 rings (SSSR count). The number of H-pyrrole nitrogens is 1. The minimum absolute atomic E-state index is 0.215. The zero-order valence-electron chi connectivity index (χ0n) is 18.1. The van der Waals surface area contributed by atoms with Gasteiger partial charge in [-0.2, -0.15) is 0 Å². The number of hydrogen-bond acceptors (Lipinski definition) is 8. The summed E-state index contributed by atoms with van der Waals surface area (Å²) in [5, 5.41) is 10.9. The van der Waals surface area contributed by atoms with Crippen LogP contribution in [0, 0.1) is 6.92 Å². The maximum atomic E-state index is 12.6. The second-order valence-electron chi connectivity index (χ2n) is 7.73. The van der Waals surface area contributed by atoms with Gasteiger partial charge in [0.15, 0.2) is 12.3 Å². The second-order valence-corrected chi connectivity index (χ2v) is 7.73. The third kappa shape index (κ3) is 4.82. The number of esters is 2. The van der Waals surface area contributed by atoms with Gasteiger partial charge in [-0.1, -0.05) is 36.4 Å². The molecule has 0 aliphatic carbocycles. The molecule has 34 heavy (non-hydrogen) atoms. The van der Waals surface area contributed by atoms with Gasteiger partial charge in [0.25, 0.3) is 5.56 Å². The van der Waals surface area contributed by atoms with Gasteiger partial charge in [-0.25, -0.2) is 14.4 Å². The SMILES string of the molecule is Cc1cn([C@@H]2O[C@H](COC(=O)c3ccccc3)[C@@H](OC(=O)c3ccccc3)[C@H]2O)c(=O)[nH]c1=O. The molecule has 0 bridgehead atoms. The Morgan fingerprint density at radius 3 is 2.21 bits per heavy atom. The van der Waals surface area contributed by atoms with Crippen LogP contribution in [-0.2, 0) is 14.2 Å². The lowest BCUT2D eigenvalue weighted by Gasteiger charge is -2.21. The molecule has 0 unspecified atom stereocenters. The number of nitrogens with zero attached hydrogens (tertiary/aromatic N) is 1. The molecular weight excluding hydrogens is 444 g/mol. The van der Waals surface area contributed by atoms with Gasteiger partial charge in [-0.15, -0.1) is 0 Å². The zero-order valence-corrected chi connectivity index (χ0v) is 18.1. The largest absolute Gasteiger partial charge is 0.459 e. The third-order valence-electron chi connectivity index (χ3n) is 5.37. The average Bonchev–Trinajstić information content (AvgIpc) is 3.15. The maximum Gasteiger partial charge on any atom is 0.338 e. The van der Waals surface area contributed by atoms with E-state index in [4.69, 9.17) is 14.2 Å². The molecule has 1 saturated heterocycles. The van der Waals surface area contributed by atoms with E-state index in [1.54, 1.807) is 60.7 Å². The standard InChI is InChI=1S/C24H22N2O8/c1-14-12-26(24(31)25-20(14)28)21-18(27)19(34-23(30)16-10-6-3-7-11-16)17(33-21)13-32-22(29)15-8-4-2-5-9-15/h2-12,17-19,21,27H,13H2,1H3,(H,25,28,31)/t17-,18-,19-,21-/m1/s1. The number of aliphatic hydroxyl groups is 1. The Balaban J connectivity index is 1.59. The number of carbonyl (C=O) groups excluding carboxylic acids is 2. The summed E-state index contributed by atoms with van der Waals surface area (Å²) >= 11 is 0. The first-order chi connectivity index (χ1) is 16.3. The third-order valence-corrected chi connectivity index (χ3v) is 5.37. The number of benzene rings is 2. The van der Waals surface area contributed by atoms with Gasteiger partial charge in [0.2, 0.25) is 0 Å². The van der Waals surface area contributed by atoms with Crippen molar-refractivity contribution in [1.29, 1.82) is 0 Å². The molecule has 2 aromatic carbocycles. The first kappa shape index (κ1) is 23.1. The zero-order chi connectivity index (χ0) is 24.2. The van der Waals surface area contributed by atoms with E-state index in [1.807, 2.05) is 0 Å². The van der Waals surface area contributed by atoms with Crippen molar-refractivity contribution in [3.05, 3.63) is 104 Å². The van der Waals surface area contributed by atoms with Crippen molar-refractivity contribution in [3.63, 3.8) is 0 Å². The van der Waals surface area contributed by atoms with E-state index in [2.05, 4.69) is 4.98 Å². The van der Waals surface area contributed by atoms with E-state index in [9.17, 15) is 24.3 Å². The summed E-state index contributed by atoms with van der Waals surface area (Å²) in [5.41, 5.74) is -0.617. The van der Waals surface area contributed by atoms with Crippen molar-refractivity contribution in [2.75, 3.05) is 6.61 Å². The van der Waals surface area contributed by atoms with Crippen LogP contribution in [0.2, 0.25) is 0 Å². The minimum Gasteiger partial charge on any atom is -0.459 e. The molecule has 1 aliphatic heterocycles. The maximum absolute atomic E-state index is 12.6. The quantitative estimate of drug-likeness (QED) is 0.517. The molecule has 1 aromatic heterocycles. The summed E-state index contributed by atoms with van der Waals surface area (Å²) in [7, 11) is 0. The smallest absolute Gasteiger partial charge is 0.338 e. The summed E-state index contributed by atoms with van der Waals surface area (Å²) in [6.45, 7) is 1.13. The van der Waals surface area contributed by atoms with Crippen LogP contribution < -0.4 is 11.2 Å². The molecule has 0 spiro atoms. The fourth-order valence-electron chi connectivity index (χ4n) is 3.59. The molecule has 2 heterocycles. The molecule has 2 N–H and O–H groups in total. The highest BCUT2D eigenvalue weighted by Crippen LogP contribution is 2.31. The van der Waals surface area contributed by atoms with Crippen LogP contribution >= 0.6 is 0 Å². The summed E-state index contributed by atoms with van der Waals surface area (Å²) < 4.78 is 17.6. The normalized spacial score (nSPS) is 21.7. The van der Waals surface area contributed by atoms with Crippen LogP contribution in [0.3, 0.4) is 0 Å². The highest BCUT2D eigenvalue weighted by atomic mass is 16.6. The number of aromatic amines is 1. The van der Waals surface area contributed by atoms with Crippen LogP contribution in [-0.4, -0.2) is 51.5 Å². The summed E-state index contributed by atoms with van der Waals surface area (Å²) in [6.07, 6.45) is -3.89. The molecule has 0 saturated carbocycles. The number of aromatic nitrogens is 2. The topological polar surface area (TPSA) is 137 Å². The van der Waals surface area contributed by atoms with Gasteiger partial charge < -0.3 is 19.3 Å². The number of carbonyl (C=O) groups is 2. The van der Waals surface area contributed by atoms with Crippen LogP contribution in [0.15, 0.2) is 76.4 Å². The molecule has 176 valence electrons. The van der Waals surface area contributed by atoms with E-state index in [1.165, 1.54) is 13.1 Å². The lowest BCUT2D eigenvalue weighted by atomic mass is 10.1. The highest BCUT2D eigenvalue weighted by molar-refractivity contribution is 5.90. The Labute approximate surface area is 193 Å². The monoisotopic (exact) mass is 466 g/mol. The molecule has 10 heteroatoms. The Kier molecular flexibility index (Phi) is 6.71. The van der Waals surface area contributed by atoms with E-state index in [0.29, 0.717) is 5.56 Å². The number of ether oxygens (including phenoxy) is 3. The Morgan fingerprint density at radius 2 is 1.59 bits per heavy atom. The molecule has 1 aliphatic rings. The van der Waals surface area contributed by atoms with E-state index < -0.39 is 47.7 Å². The molecule has 10 nitrogen and oxygen atoms in total. The molecular formula is C24H22N2O8. The number of aliphatic hydroxyl groups excluding tert-OH is 1. The van der Waals surface area contributed by atoms with E-state index >= 15 is 0 Å². The van der Waals surface area contributed by atoms with Crippen molar-refractivity contribution in [1.82, 2.24) is 9.55 Å². The van der Waals surface area contributed by atoms with Gasteiger partial charge in [-0.3, -0.25) is 14.3 Å². The number of hydrogen-bond donors (Lipinski definition) is 2. The van der Waals surface area contributed by atoms with Gasteiger partial charge in [-0.05, 0) is 31.2 Å². The van der Waals surface area contributed by atoms with E-state index in [-0.39, 0.29) is 17.7 Å². The number of aryl methyl sites for hydroxylation is 1. The van der Waals surface area contributed by atoms with Gasteiger partial charge in [0.1, 0.15) is 18.8 Å². The van der Waals surface area contributed by atoms with Crippen molar-refractivity contribution in [2.24, 2.45) is 0 Å². The lowest BCUT2D eigenvalue weighted by Crippen LogP contribution is -2.40. The molecule has 4 atom stereocenters. The van der Waals surface area contributed by atoms with Crippen molar-refractivity contribution in [2.45, 2.75) is 31.5 Å². The Bertz CT molecular complexity index is 1290. The Hall–Kier alpha value is -4.02. The predicted molar refractivity (Wildman–Crippen MR) is 118 cm³/mol. The minimum atomic E-state index is -1.49. The van der Waals surface area contributed by atoms with Gasteiger partial charge in [0, 0.05) is 11.8 Å². The van der Waals surface area contributed by atoms with Crippen LogP contribution in [0.25, 0.3) is 0 Å². The van der Waals surface area contributed by atoms with Crippen LogP contribution in [0.5, 0.6) is 0 Å². The van der Waals surface area contributed by atoms with Gasteiger partial charge >= 0.3 is 17.6 Å². The van der Waals surface area contributed by atoms with Crippen LogP contribution in [0.4, 0.5) is 0 Å². The van der Waals surface area contributed by atoms with Crippen molar-refractivity contribution >= 4 is 11.9 Å². The van der Waals surface area contributed by atoms with Crippen molar-refractivity contribution in [3.8, 4) is 0 Å². The first-order valence-electron chi connectivity index (χ1n) is 10.5. The fourth-order valence-corrected chi connectivity index (χ4v) is 3.59. The van der Waals surface area contributed by atoms with Gasteiger partial charge in [0.05, 0.1) is 11.1 Å². The average molecular weight is 466 g/mol. The number of rotatable bonds is 6. The summed E-state index contributed by atoms with van der Waals surface area (Å²) in [6, 6.07) is 16.4. The van der Waals surface area contributed by atoms with E-state index in [0.717, 1.165) is 4.57 Å². The molecule has 1 fully saturated rings. The summed E-state index contributed by atoms with van der Waals surface area (Å²) in [5.74, 6) is -1.36. The molecule has 0 radical (unpaired) electrons. The highest BCUT2D eigenvalue weighted by Gasteiger charge is 2.48. The predicted octanol–water partition coefficient (Wildman–Crippen LogP) is 1.19. The molecule has 0 amide bonds. The fraction of sp³-hybridized carbons (Fsp3) is 0.250. The number of nitrogens with one attached hydrogen (secondary N) is 1. The van der Waals surface area contributed by atoms with Crippen LogP contribution in [0.1, 0.15) is 32.5 Å². The lowest BCUT2D eigenvalue weighted by molar-refractivity contribution is -0.0614. The molecule has 3 aromatic rings.